The quantitative estimate of drug-likeness (QED) is 0.636. The summed E-state index contributed by atoms with van der Waals surface area (Å²) in [6, 6.07) is 0. The van der Waals surface area contributed by atoms with Crippen molar-refractivity contribution in [2.24, 2.45) is 0 Å². The highest BCUT2D eigenvalue weighted by atomic mass is 16.4. The topological polar surface area (TPSA) is 49.3 Å². The zero-order valence-electron chi connectivity index (χ0n) is 8.05. The minimum absolute atomic E-state index is 0.308. The van der Waals surface area contributed by atoms with Gasteiger partial charge < -0.3 is 10.4 Å². The average Bonchev–Trinajstić information content (AvgIpc) is 2.01. The number of carboxylic acid groups (broad SMARTS) is 1. The van der Waals surface area contributed by atoms with E-state index in [1.165, 1.54) is 25.3 Å². The normalized spacial score (nSPS) is 20.1. The third kappa shape index (κ3) is 2.84. The van der Waals surface area contributed by atoms with E-state index in [0.29, 0.717) is 12.1 Å². The van der Waals surface area contributed by atoms with Crippen molar-refractivity contribution in [2.75, 3.05) is 6.54 Å². The van der Waals surface area contributed by atoms with Crippen LogP contribution in [0, 0.1) is 0 Å². The fourth-order valence-electron chi connectivity index (χ4n) is 1.69. The van der Waals surface area contributed by atoms with Crippen LogP contribution in [0.3, 0.4) is 0 Å². The zero-order valence-corrected chi connectivity index (χ0v) is 8.05. The number of nitrogens with one attached hydrogen (secondary N) is 1. The van der Waals surface area contributed by atoms with E-state index >= 15 is 0 Å². The van der Waals surface area contributed by atoms with Crippen molar-refractivity contribution in [3.63, 3.8) is 0 Å². The molecule has 1 fully saturated rings. The minimum Gasteiger partial charge on any atom is -0.478 e. The second-order valence-corrected chi connectivity index (χ2v) is 3.61. The van der Waals surface area contributed by atoms with Crippen molar-refractivity contribution >= 4 is 5.97 Å². The Kier molecular flexibility index (Phi) is 3.48. The predicted octanol–water partition coefficient (Wildman–Crippen LogP) is 1.55. The predicted molar refractivity (Wildman–Crippen MR) is 51.7 cm³/mol. The van der Waals surface area contributed by atoms with Crippen LogP contribution in [0.1, 0.15) is 32.6 Å². The number of hydrogen-bond donors (Lipinski definition) is 2. The average molecular weight is 183 g/mol. The summed E-state index contributed by atoms with van der Waals surface area (Å²) in [6.07, 6.45) is 7.74. The molecule has 0 aliphatic heterocycles. The second-order valence-electron chi connectivity index (χ2n) is 3.61. The highest BCUT2D eigenvalue weighted by Crippen LogP contribution is 2.34. The van der Waals surface area contributed by atoms with Crippen LogP contribution in [0.25, 0.3) is 0 Å². The molecule has 1 rings (SSSR count). The third-order valence-electron chi connectivity index (χ3n) is 2.84. The van der Waals surface area contributed by atoms with Gasteiger partial charge in [-0.15, -0.1) is 0 Å². The maximum absolute atomic E-state index is 10.2. The molecule has 1 aliphatic rings. The lowest BCUT2D eigenvalue weighted by atomic mass is 9.75. The van der Waals surface area contributed by atoms with Gasteiger partial charge in [0.15, 0.2) is 0 Å². The molecule has 0 atom stereocenters. The van der Waals surface area contributed by atoms with Crippen molar-refractivity contribution in [3.05, 3.63) is 12.2 Å². The first-order valence-electron chi connectivity index (χ1n) is 4.83. The molecule has 3 heteroatoms. The van der Waals surface area contributed by atoms with Crippen molar-refractivity contribution in [3.8, 4) is 0 Å². The number of carbonyl (C=O) groups is 1. The summed E-state index contributed by atoms with van der Waals surface area (Å²) in [6.45, 7) is 2.84. The molecule has 2 N–H and O–H groups in total. The van der Waals surface area contributed by atoms with E-state index in [4.69, 9.17) is 5.11 Å². The van der Waals surface area contributed by atoms with Gasteiger partial charge in [-0.3, -0.25) is 0 Å². The van der Waals surface area contributed by atoms with Gasteiger partial charge in [0.2, 0.25) is 0 Å². The van der Waals surface area contributed by atoms with Crippen LogP contribution >= 0.6 is 0 Å². The Hall–Kier alpha value is -0.830. The molecular weight excluding hydrogens is 166 g/mol. The molecule has 1 aliphatic carbocycles. The summed E-state index contributed by atoms with van der Waals surface area (Å²) in [5.41, 5.74) is 0.308. The van der Waals surface area contributed by atoms with E-state index in [1.54, 1.807) is 6.08 Å². The molecule has 1 saturated carbocycles. The molecule has 0 radical (unpaired) electrons. The molecular formula is C10H17NO2. The first-order chi connectivity index (χ1) is 6.18. The third-order valence-corrected chi connectivity index (χ3v) is 2.84. The van der Waals surface area contributed by atoms with Gasteiger partial charge in [-0.05, 0) is 25.7 Å². The maximum Gasteiger partial charge on any atom is 0.328 e. The summed E-state index contributed by atoms with van der Waals surface area (Å²) in [5.74, 6) is -0.874. The van der Waals surface area contributed by atoms with E-state index < -0.39 is 5.97 Å². The molecule has 0 bridgehead atoms. The van der Waals surface area contributed by atoms with Crippen LogP contribution in [-0.2, 0) is 4.79 Å². The Bertz CT molecular complexity index is 201. The number of rotatable bonds is 5. The van der Waals surface area contributed by atoms with Crippen LogP contribution in [0.4, 0.5) is 0 Å². The van der Waals surface area contributed by atoms with Crippen molar-refractivity contribution in [2.45, 2.75) is 38.1 Å². The molecule has 0 spiro atoms. The Labute approximate surface area is 78.8 Å². The van der Waals surface area contributed by atoms with E-state index in [1.807, 2.05) is 0 Å². The molecule has 0 heterocycles. The first-order valence-corrected chi connectivity index (χ1v) is 4.83. The van der Waals surface area contributed by atoms with Crippen molar-refractivity contribution < 1.29 is 9.90 Å². The van der Waals surface area contributed by atoms with Gasteiger partial charge >= 0.3 is 5.97 Å². The van der Waals surface area contributed by atoms with Gasteiger partial charge in [0.25, 0.3) is 0 Å². The van der Waals surface area contributed by atoms with Gasteiger partial charge in [0.05, 0.1) is 0 Å². The Morgan fingerprint density at radius 1 is 1.62 bits per heavy atom. The van der Waals surface area contributed by atoms with E-state index in [9.17, 15) is 4.79 Å². The highest BCUT2D eigenvalue weighted by Gasteiger charge is 2.33. The summed E-state index contributed by atoms with van der Waals surface area (Å²) in [4.78, 5) is 10.2. The number of hydrogen-bond acceptors (Lipinski definition) is 2. The molecule has 0 saturated heterocycles. The van der Waals surface area contributed by atoms with E-state index in [-0.39, 0.29) is 0 Å². The van der Waals surface area contributed by atoms with Crippen LogP contribution in [0.15, 0.2) is 12.2 Å². The summed E-state index contributed by atoms with van der Waals surface area (Å²) < 4.78 is 0. The van der Waals surface area contributed by atoms with E-state index in [2.05, 4.69) is 12.2 Å². The number of aliphatic carboxylic acids is 1. The fraction of sp³-hybridized carbons (Fsp3) is 0.700. The van der Waals surface area contributed by atoms with Crippen LogP contribution in [0.5, 0.6) is 0 Å². The maximum atomic E-state index is 10.2. The second kappa shape index (κ2) is 4.42. The SMILES string of the molecule is CCC1(NC/C=C/C(=O)O)CCC1. The number of carboxylic acids is 1. The molecule has 0 aromatic heterocycles. The lowest BCUT2D eigenvalue weighted by Gasteiger charge is -2.42. The Morgan fingerprint density at radius 3 is 2.69 bits per heavy atom. The molecule has 0 aromatic rings. The largest absolute Gasteiger partial charge is 0.478 e. The lowest BCUT2D eigenvalue weighted by Crippen LogP contribution is -2.50. The minimum atomic E-state index is -0.874. The van der Waals surface area contributed by atoms with Crippen LogP contribution in [0.2, 0.25) is 0 Å². The van der Waals surface area contributed by atoms with Gasteiger partial charge in [-0.25, -0.2) is 4.79 Å². The highest BCUT2D eigenvalue weighted by molar-refractivity contribution is 5.79. The molecule has 3 nitrogen and oxygen atoms in total. The van der Waals surface area contributed by atoms with E-state index in [0.717, 1.165) is 6.42 Å². The molecule has 0 amide bonds. The van der Waals surface area contributed by atoms with Gasteiger partial charge in [-0.1, -0.05) is 13.0 Å². The summed E-state index contributed by atoms with van der Waals surface area (Å²) in [5, 5.41) is 11.7. The fourth-order valence-corrected chi connectivity index (χ4v) is 1.69. The van der Waals surface area contributed by atoms with Crippen LogP contribution in [-0.4, -0.2) is 23.2 Å². The molecule has 74 valence electrons. The van der Waals surface area contributed by atoms with Gasteiger partial charge in [0, 0.05) is 18.2 Å². The Morgan fingerprint density at radius 2 is 2.31 bits per heavy atom. The summed E-state index contributed by atoms with van der Waals surface area (Å²) in [7, 11) is 0. The molecule has 0 aromatic carbocycles. The first kappa shape index (κ1) is 10.3. The lowest BCUT2D eigenvalue weighted by molar-refractivity contribution is -0.131. The zero-order chi connectivity index (χ0) is 9.73. The van der Waals surface area contributed by atoms with Crippen LogP contribution < -0.4 is 5.32 Å². The standard InChI is InChI=1S/C10H17NO2/c1-2-10(6-4-7-10)11-8-3-5-9(12)13/h3,5,11H,2,4,6-8H2,1H3,(H,12,13)/b5-3+. The van der Waals surface area contributed by atoms with Gasteiger partial charge in [-0.2, -0.15) is 0 Å². The molecule has 0 unspecified atom stereocenters. The van der Waals surface area contributed by atoms with Gasteiger partial charge in [0.1, 0.15) is 0 Å². The smallest absolute Gasteiger partial charge is 0.328 e. The Balaban J connectivity index is 2.21. The van der Waals surface area contributed by atoms with Crippen molar-refractivity contribution in [1.29, 1.82) is 0 Å². The summed E-state index contributed by atoms with van der Waals surface area (Å²) >= 11 is 0. The molecule has 13 heavy (non-hydrogen) atoms. The van der Waals surface area contributed by atoms with Crippen molar-refractivity contribution in [1.82, 2.24) is 5.32 Å². The monoisotopic (exact) mass is 183 g/mol.